The molecule has 5 rings (SSSR count). The lowest BCUT2D eigenvalue weighted by atomic mass is 9.53. The summed E-state index contributed by atoms with van der Waals surface area (Å²) in [6.45, 7) is 0.947. The van der Waals surface area contributed by atoms with Gasteiger partial charge in [0.25, 0.3) is 0 Å². The van der Waals surface area contributed by atoms with Crippen molar-refractivity contribution in [3.8, 4) is 0 Å². The van der Waals surface area contributed by atoms with Gasteiger partial charge in [0.15, 0.2) is 0 Å². The highest BCUT2D eigenvalue weighted by atomic mass is 16.3. The van der Waals surface area contributed by atoms with Crippen LogP contribution in [0.15, 0.2) is 30.3 Å². The first-order chi connectivity index (χ1) is 10.2. The summed E-state index contributed by atoms with van der Waals surface area (Å²) < 4.78 is 0. The van der Waals surface area contributed by atoms with Crippen LogP contribution < -0.4 is 5.32 Å². The molecule has 4 aliphatic rings. The second-order valence-electron chi connectivity index (χ2n) is 7.84. The highest BCUT2D eigenvalue weighted by molar-refractivity contribution is 5.17. The Balaban J connectivity index is 1.33. The van der Waals surface area contributed by atoms with Crippen LogP contribution in [0.3, 0.4) is 0 Å². The highest BCUT2D eigenvalue weighted by Crippen LogP contribution is 2.55. The van der Waals surface area contributed by atoms with Crippen LogP contribution in [-0.4, -0.2) is 17.2 Å². The van der Waals surface area contributed by atoms with E-state index in [9.17, 15) is 5.11 Å². The van der Waals surface area contributed by atoms with E-state index in [1.807, 2.05) is 30.3 Å². The SMILES string of the molecule is O[C@H](CCNC12CC3CC(CC(C3)C1)C2)c1ccccc1. The molecule has 4 bridgehead atoms. The van der Waals surface area contributed by atoms with Crippen LogP contribution in [0.2, 0.25) is 0 Å². The maximum absolute atomic E-state index is 10.3. The predicted molar refractivity (Wildman–Crippen MR) is 84.9 cm³/mol. The maximum Gasteiger partial charge on any atom is 0.0802 e. The van der Waals surface area contributed by atoms with Crippen molar-refractivity contribution >= 4 is 0 Å². The zero-order valence-electron chi connectivity index (χ0n) is 12.8. The Hall–Kier alpha value is -0.860. The van der Waals surface area contributed by atoms with Crippen LogP contribution in [0.25, 0.3) is 0 Å². The van der Waals surface area contributed by atoms with Gasteiger partial charge < -0.3 is 10.4 Å². The smallest absolute Gasteiger partial charge is 0.0802 e. The lowest BCUT2D eigenvalue weighted by molar-refractivity contribution is -0.0209. The summed E-state index contributed by atoms with van der Waals surface area (Å²) in [6.07, 6.45) is 9.15. The Morgan fingerprint density at radius 3 is 2.14 bits per heavy atom. The molecule has 4 aliphatic carbocycles. The average molecular weight is 285 g/mol. The van der Waals surface area contributed by atoms with Crippen LogP contribution in [-0.2, 0) is 0 Å². The first kappa shape index (κ1) is 13.8. The third-order valence-electron chi connectivity index (χ3n) is 6.14. The molecule has 2 heteroatoms. The molecule has 0 spiro atoms. The van der Waals surface area contributed by atoms with E-state index in [1.165, 1.54) is 38.5 Å². The van der Waals surface area contributed by atoms with E-state index in [2.05, 4.69) is 5.32 Å². The monoisotopic (exact) mass is 285 g/mol. The van der Waals surface area contributed by atoms with E-state index >= 15 is 0 Å². The quantitative estimate of drug-likeness (QED) is 0.865. The fourth-order valence-electron chi connectivity index (χ4n) is 5.64. The summed E-state index contributed by atoms with van der Waals surface area (Å²) in [5, 5.41) is 14.2. The van der Waals surface area contributed by atoms with Crippen molar-refractivity contribution in [3.63, 3.8) is 0 Å². The van der Waals surface area contributed by atoms with Gasteiger partial charge in [0, 0.05) is 5.54 Å². The summed E-state index contributed by atoms with van der Waals surface area (Å²) in [4.78, 5) is 0. The van der Waals surface area contributed by atoms with Gasteiger partial charge in [-0.1, -0.05) is 30.3 Å². The lowest BCUT2D eigenvalue weighted by Gasteiger charge is -2.57. The van der Waals surface area contributed by atoms with Crippen molar-refractivity contribution in [2.75, 3.05) is 6.54 Å². The summed E-state index contributed by atoms with van der Waals surface area (Å²) in [5.41, 5.74) is 1.47. The van der Waals surface area contributed by atoms with Gasteiger partial charge in [0.1, 0.15) is 0 Å². The fourth-order valence-corrected chi connectivity index (χ4v) is 5.64. The number of nitrogens with one attached hydrogen (secondary N) is 1. The van der Waals surface area contributed by atoms with Gasteiger partial charge in [-0.15, -0.1) is 0 Å². The summed E-state index contributed by atoms with van der Waals surface area (Å²) in [5.74, 6) is 2.97. The largest absolute Gasteiger partial charge is 0.388 e. The third-order valence-corrected chi connectivity index (χ3v) is 6.14. The molecule has 1 aromatic carbocycles. The minimum atomic E-state index is -0.326. The molecule has 2 N–H and O–H groups in total. The molecule has 0 amide bonds. The third kappa shape index (κ3) is 2.76. The predicted octanol–water partition coefficient (Wildman–Crippen LogP) is 3.67. The molecule has 0 saturated heterocycles. The second-order valence-corrected chi connectivity index (χ2v) is 7.84. The van der Waals surface area contributed by atoms with Gasteiger partial charge in [-0.05, 0) is 74.8 Å². The Morgan fingerprint density at radius 1 is 1.00 bits per heavy atom. The minimum absolute atomic E-state index is 0.326. The molecule has 4 saturated carbocycles. The van der Waals surface area contributed by atoms with Gasteiger partial charge in [0.2, 0.25) is 0 Å². The Labute approximate surface area is 128 Å². The number of benzene rings is 1. The van der Waals surface area contributed by atoms with Gasteiger partial charge >= 0.3 is 0 Å². The first-order valence-corrected chi connectivity index (χ1v) is 8.70. The molecule has 21 heavy (non-hydrogen) atoms. The topological polar surface area (TPSA) is 32.3 Å². The standard InChI is InChI=1S/C19H27NO/c21-18(17-4-2-1-3-5-17)6-7-20-19-11-14-8-15(12-19)10-16(9-14)13-19/h1-5,14-16,18,20-21H,6-13H2/t14?,15?,16?,18-,19?/m1/s1. The molecule has 0 radical (unpaired) electrons. The van der Waals surface area contributed by atoms with E-state index < -0.39 is 0 Å². The Kier molecular flexibility index (Phi) is 3.55. The van der Waals surface area contributed by atoms with E-state index in [0.29, 0.717) is 5.54 Å². The minimum Gasteiger partial charge on any atom is -0.388 e. The molecule has 1 aromatic rings. The molecule has 0 unspecified atom stereocenters. The van der Waals surface area contributed by atoms with Crippen molar-refractivity contribution in [2.24, 2.45) is 17.8 Å². The molecule has 0 aromatic heterocycles. The van der Waals surface area contributed by atoms with Crippen molar-refractivity contribution in [3.05, 3.63) is 35.9 Å². The Morgan fingerprint density at radius 2 is 1.57 bits per heavy atom. The van der Waals surface area contributed by atoms with E-state index in [-0.39, 0.29) is 6.10 Å². The molecular weight excluding hydrogens is 258 g/mol. The zero-order valence-corrected chi connectivity index (χ0v) is 12.8. The second kappa shape index (κ2) is 5.40. The van der Waals surface area contributed by atoms with Gasteiger partial charge in [0.05, 0.1) is 6.10 Å². The summed E-state index contributed by atoms with van der Waals surface area (Å²) >= 11 is 0. The molecule has 0 heterocycles. The van der Waals surface area contributed by atoms with Crippen LogP contribution in [0.4, 0.5) is 0 Å². The number of aliphatic hydroxyl groups is 1. The van der Waals surface area contributed by atoms with Gasteiger partial charge in [-0.2, -0.15) is 0 Å². The molecule has 0 aliphatic heterocycles. The summed E-state index contributed by atoms with van der Waals surface area (Å²) in [6, 6.07) is 10.1. The van der Waals surface area contributed by atoms with Crippen LogP contribution in [0.5, 0.6) is 0 Å². The number of hydrogen-bond acceptors (Lipinski definition) is 2. The number of aliphatic hydroxyl groups excluding tert-OH is 1. The lowest BCUT2D eigenvalue weighted by Crippen LogP contribution is -2.58. The molecule has 4 fully saturated rings. The van der Waals surface area contributed by atoms with Crippen LogP contribution in [0.1, 0.15) is 56.6 Å². The Bertz CT molecular complexity index is 448. The highest BCUT2D eigenvalue weighted by Gasteiger charge is 2.50. The molecule has 1 atom stereocenters. The zero-order chi connectivity index (χ0) is 14.3. The maximum atomic E-state index is 10.3. The van der Waals surface area contributed by atoms with Crippen LogP contribution >= 0.6 is 0 Å². The fraction of sp³-hybridized carbons (Fsp3) is 0.684. The first-order valence-electron chi connectivity index (χ1n) is 8.70. The molecule has 114 valence electrons. The van der Waals surface area contributed by atoms with Crippen molar-refractivity contribution in [1.29, 1.82) is 0 Å². The van der Waals surface area contributed by atoms with Crippen molar-refractivity contribution in [2.45, 2.75) is 56.6 Å². The van der Waals surface area contributed by atoms with E-state index in [4.69, 9.17) is 0 Å². The summed E-state index contributed by atoms with van der Waals surface area (Å²) in [7, 11) is 0. The van der Waals surface area contributed by atoms with Crippen LogP contribution in [0, 0.1) is 17.8 Å². The normalized spacial score (nSPS) is 38.6. The number of hydrogen-bond donors (Lipinski definition) is 2. The molecular formula is C19H27NO. The average Bonchev–Trinajstić information content (AvgIpc) is 2.46. The molecule has 2 nitrogen and oxygen atoms in total. The van der Waals surface area contributed by atoms with E-state index in [1.54, 1.807) is 0 Å². The van der Waals surface area contributed by atoms with E-state index in [0.717, 1.165) is 36.3 Å². The van der Waals surface area contributed by atoms with Crippen molar-refractivity contribution < 1.29 is 5.11 Å². The number of rotatable bonds is 5. The van der Waals surface area contributed by atoms with Gasteiger partial charge in [-0.3, -0.25) is 0 Å². The van der Waals surface area contributed by atoms with Gasteiger partial charge in [-0.25, -0.2) is 0 Å². The van der Waals surface area contributed by atoms with Crippen molar-refractivity contribution in [1.82, 2.24) is 5.32 Å².